The molecule has 26 heavy (non-hydrogen) atoms. The van der Waals surface area contributed by atoms with Gasteiger partial charge < -0.3 is 4.74 Å². The minimum absolute atomic E-state index is 0.0261. The summed E-state index contributed by atoms with van der Waals surface area (Å²) >= 11 is 3.20. The molecule has 0 N–H and O–H groups in total. The van der Waals surface area contributed by atoms with Crippen molar-refractivity contribution in [3.63, 3.8) is 0 Å². The fourth-order valence-electron chi connectivity index (χ4n) is 2.87. The maximum Gasteiger partial charge on any atom is 0.272 e. The number of benzene rings is 2. The summed E-state index contributed by atoms with van der Waals surface area (Å²) in [6, 6.07) is 17.8. The Morgan fingerprint density at radius 3 is 2.65 bits per heavy atom. The Hall–Kier alpha value is -2.18. The van der Waals surface area contributed by atoms with Gasteiger partial charge in [-0.1, -0.05) is 42.1 Å². The predicted octanol–water partition coefficient (Wildman–Crippen LogP) is 4.18. The molecule has 6 heteroatoms. The summed E-state index contributed by atoms with van der Waals surface area (Å²) in [6.07, 6.45) is 0.859. The molecule has 0 saturated heterocycles. The van der Waals surface area contributed by atoms with Gasteiger partial charge in [0.25, 0.3) is 5.56 Å². The van der Waals surface area contributed by atoms with Crippen molar-refractivity contribution in [2.45, 2.75) is 22.2 Å². The van der Waals surface area contributed by atoms with Crippen molar-refractivity contribution in [2.75, 3.05) is 12.9 Å². The molecular weight excluding hydrogens is 364 g/mol. The van der Waals surface area contributed by atoms with E-state index in [1.54, 1.807) is 35.2 Å². The molecule has 132 valence electrons. The second kappa shape index (κ2) is 7.60. The molecule has 2 heterocycles. The number of hydrogen-bond donors (Lipinski definition) is 0. The molecule has 1 aliphatic heterocycles. The Kier molecular flexibility index (Phi) is 5.04. The molecule has 0 amide bonds. The number of aromatic nitrogens is 2. The van der Waals surface area contributed by atoms with Crippen LogP contribution in [0.3, 0.4) is 0 Å². The standard InChI is InChI=1S/C20H18N2O2S2/c1-24-16-9-7-15(8-10-16)22-19(23)18-17(11-12-25-18)21-20(22)26-13-14-5-3-2-4-6-14/h2-10H,11-13H2,1H3. The third kappa shape index (κ3) is 3.39. The van der Waals surface area contributed by atoms with Crippen LogP contribution in [0.15, 0.2) is 69.4 Å². The van der Waals surface area contributed by atoms with Gasteiger partial charge in [0, 0.05) is 17.9 Å². The number of ether oxygens (including phenoxy) is 1. The van der Waals surface area contributed by atoms with Crippen molar-refractivity contribution < 1.29 is 4.74 Å². The monoisotopic (exact) mass is 382 g/mol. The average molecular weight is 383 g/mol. The van der Waals surface area contributed by atoms with Crippen LogP contribution in [-0.4, -0.2) is 22.4 Å². The number of hydrogen-bond acceptors (Lipinski definition) is 5. The van der Waals surface area contributed by atoms with E-state index in [0.717, 1.165) is 45.1 Å². The summed E-state index contributed by atoms with van der Waals surface area (Å²) in [5.74, 6) is 2.46. The lowest BCUT2D eigenvalue weighted by Crippen LogP contribution is -2.23. The highest BCUT2D eigenvalue weighted by Gasteiger charge is 2.22. The smallest absolute Gasteiger partial charge is 0.272 e. The first-order valence-corrected chi connectivity index (χ1v) is 10.3. The second-order valence-electron chi connectivity index (χ2n) is 5.88. The lowest BCUT2D eigenvalue weighted by atomic mass is 10.2. The van der Waals surface area contributed by atoms with Gasteiger partial charge in [-0.3, -0.25) is 9.36 Å². The van der Waals surface area contributed by atoms with Crippen LogP contribution in [0.5, 0.6) is 5.75 Å². The zero-order chi connectivity index (χ0) is 17.9. The molecule has 4 rings (SSSR count). The van der Waals surface area contributed by atoms with Crippen LogP contribution in [0.25, 0.3) is 5.69 Å². The molecule has 1 aromatic heterocycles. The van der Waals surface area contributed by atoms with Gasteiger partial charge >= 0.3 is 0 Å². The van der Waals surface area contributed by atoms with Crippen LogP contribution >= 0.6 is 23.5 Å². The van der Waals surface area contributed by atoms with Gasteiger partial charge in [0.2, 0.25) is 0 Å². The molecule has 0 radical (unpaired) electrons. The highest BCUT2D eigenvalue weighted by Crippen LogP contribution is 2.31. The first kappa shape index (κ1) is 17.2. The van der Waals surface area contributed by atoms with E-state index >= 15 is 0 Å². The van der Waals surface area contributed by atoms with Crippen molar-refractivity contribution in [1.82, 2.24) is 9.55 Å². The Morgan fingerprint density at radius 1 is 1.15 bits per heavy atom. The Labute approximate surface area is 160 Å². The van der Waals surface area contributed by atoms with E-state index in [4.69, 9.17) is 9.72 Å². The van der Waals surface area contributed by atoms with Crippen LogP contribution in [-0.2, 0) is 12.2 Å². The van der Waals surface area contributed by atoms with Crippen LogP contribution in [0, 0.1) is 0 Å². The maximum atomic E-state index is 13.1. The maximum absolute atomic E-state index is 13.1. The molecule has 0 unspecified atom stereocenters. The summed E-state index contributed by atoms with van der Waals surface area (Å²) in [5, 5.41) is 0.741. The highest BCUT2D eigenvalue weighted by molar-refractivity contribution is 7.99. The van der Waals surface area contributed by atoms with Gasteiger partial charge in [0.15, 0.2) is 5.16 Å². The third-order valence-electron chi connectivity index (χ3n) is 4.21. The highest BCUT2D eigenvalue weighted by atomic mass is 32.2. The normalized spacial score (nSPS) is 12.8. The molecule has 4 nitrogen and oxygen atoms in total. The molecule has 3 aromatic rings. The minimum Gasteiger partial charge on any atom is -0.497 e. The number of methoxy groups -OCH3 is 1. The van der Waals surface area contributed by atoms with Gasteiger partial charge in [-0.25, -0.2) is 4.98 Å². The van der Waals surface area contributed by atoms with E-state index < -0.39 is 0 Å². The fraction of sp³-hybridized carbons (Fsp3) is 0.200. The Morgan fingerprint density at radius 2 is 1.92 bits per heavy atom. The first-order chi connectivity index (χ1) is 12.8. The summed E-state index contributed by atoms with van der Waals surface area (Å²) in [5.41, 5.74) is 2.98. The van der Waals surface area contributed by atoms with Gasteiger partial charge in [-0.15, -0.1) is 11.8 Å². The third-order valence-corrected chi connectivity index (χ3v) is 6.32. The van der Waals surface area contributed by atoms with Gasteiger partial charge in [0.05, 0.1) is 23.4 Å². The average Bonchev–Trinajstić information content (AvgIpc) is 3.16. The molecule has 1 aliphatic rings. The molecule has 0 saturated carbocycles. The lowest BCUT2D eigenvalue weighted by Gasteiger charge is -2.14. The number of fused-ring (bicyclic) bond motifs is 1. The zero-order valence-electron chi connectivity index (χ0n) is 14.3. The molecule has 0 bridgehead atoms. The molecular formula is C20H18N2O2S2. The van der Waals surface area contributed by atoms with Gasteiger partial charge in [-0.05, 0) is 29.8 Å². The second-order valence-corrected chi connectivity index (χ2v) is 7.93. The van der Waals surface area contributed by atoms with Crippen molar-refractivity contribution in [2.24, 2.45) is 0 Å². The summed E-state index contributed by atoms with van der Waals surface area (Å²) < 4.78 is 6.96. The zero-order valence-corrected chi connectivity index (χ0v) is 16.0. The van der Waals surface area contributed by atoms with Crippen molar-refractivity contribution in [3.05, 3.63) is 76.2 Å². The van der Waals surface area contributed by atoms with E-state index in [9.17, 15) is 4.79 Å². The predicted molar refractivity (Wildman–Crippen MR) is 107 cm³/mol. The van der Waals surface area contributed by atoms with Crippen LogP contribution in [0.1, 0.15) is 11.3 Å². The van der Waals surface area contributed by atoms with Crippen molar-refractivity contribution in [1.29, 1.82) is 0 Å². The fourth-order valence-corrected chi connectivity index (χ4v) is 4.88. The largest absolute Gasteiger partial charge is 0.497 e. The summed E-state index contributed by atoms with van der Waals surface area (Å²) in [6.45, 7) is 0. The van der Waals surface area contributed by atoms with Gasteiger partial charge in [-0.2, -0.15) is 0 Å². The molecule has 0 spiro atoms. The number of aryl methyl sites for hydroxylation is 1. The first-order valence-electron chi connectivity index (χ1n) is 8.36. The molecule has 2 aromatic carbocycles. The minimum atomic E-state index is 0.0261. The molecule has 0 fully saturated rings. The van der Waals surface area contributed by atoms with E-state index in [1.165, 1.54) is 5.56 Å². The van der Waals surface area contributed by atoms with Crippen LogP contribution in [0.4, 0.5) is 0 Å². The number of nitrogens with zero attached hydrogens (tertiary/aromatic N) is 2. The quantitative estimate of drug-likeness (QED) is 0.489. The molecule has 0 atom stereocenters. The SMILES string of the molecule is COc1ccc(-n2c(SCc3ccccc3)nc3c(c2=O)SCC3)cc1. The Balaban J connectivity index is 1.76. The summed E-state index contributed by atoms with van der Waals surface area (Å²) in [7, 11) is 1.63. The van der Waals surface area contributed by atoms with Gasteiger partial charge in [0.1, 0.15) is 5.75 Å². The van der Waals surface area contributed by atoms with Crippen molar-refractivity contribution >= 4 is 23.5 Å². The number of rotatable bonds is 5. The summed E-state index contributed by atoms with van der Waals surface area (Å²) in [4.78, 5) is 18.7. The Bertz CT molecular complexity index is 970. The van der Waals surface area contributed by atoms with E-state index in [-0.39, 0.29) is 5.56 Å². The van der Waals surface area contributed by atoms with E-state index in [0.29, 0.717) is 0 Å². The van der Waals surface area contributed by atoms with Crippen LogP contribution in [0.2, 0.25) is 0 Å². The topological polar surface area (TPSA) is 44.1 Å². The van der Waals surface area contributed by atoms with E-state index in [2.05, 4.69) is 12.1 Å². The van der Waals surface area contributed by atoms with Crippen molar-refractivity contribution in [3.8, 4) is 11.4 Å². The van der Waals surface area contributed by atoms with Crippen LogP contribution < -0.4 is 10.3 Å². The lowest BCUT2D eigenvalue weighted by molar-refractivity contribution is 0.414. The number of thioether (sulfide) groups is 2. The van der Waals surface area contributed by atoms with E-state index in [1.807, 2.05) is 42.5 Å². The molecule has 0 aliphatic carbocycles.